The van der Waals surface area contributed by atoms with Crippen LogP contribution in [0, 0.1) is 0 Å². The average molecular weight is 508 g/mol. The summed E-state index contributed by atoms with van der Waals surface area (Å²) in [5.74, 6) is 0.326. The Morgan fingerprint density at radius 2 is 1.31 bits per heavy atom. The van der Waals surface area contributed by atoms with E-state index >= 15 is 0 Å². The fraction of sp³-hybridized carbons (Fsp3) is 0.321. The lowest BCUT2D eigenvalue weighted by Gasteiger charge is -2.39. The second-order valence-electron chi connectivity index (χ2n) is 8.68. The molecule has 0 aliphatic carbocycles. The van der Waals surface area contributed by atoms with Crippen molar-refractivity contribution in [3.63, 3.8) is 0 Å². The summed E-state index contributed by atoms with van der Waals surface area (Å²) in [6.45, 7) is 6.92. The van der Waals surface area contributed by atoms with Crippen LogP contribution >= 0.6 is 0 Å². The highest BCUT2D eigenvalue weighted by Gasteiger charge is 2.29. The Kier molecular flexibility index (Phi) is 8.40. The van der Waals surface area contributed by atoms with Gasteiger partial charge in [0.2, 0.25) is 10.0 Å². The minimum Gasteiger partial charge on any atom is -0.410 e. The molecule has 0 saturated carbocycles. The van der Waals surface area contributed by atoms with Gasteiger partial charge in [0.05, 0.1) is 10.9 Å². The van der Waals surface area contributed by atoms with Crippen LogP contribution in [-0.4, -0.2) is 67.9 Å². The van der Waals surface area contributed by atoms with Crippen LogP contribution < -0.4 is 4.74 Å². The second kappa shape index (κ2) is 11.7. The van der Waals surface area contributed by atoms with Gasteiger partial charge in [-0.1, -0.05) is 74.5 Å². The van der Waals surface area contributed by atoms with Crippen molar-refractivity contribution in [2.75, 3.05) is 39.3 Å². The van der Waals surface area contributed by atoms with E-state index in [2.05, 4.69) is 53.4 Å². The lowest BCUT2D eigenvalue weighted by molar-refractivity contribution is 0.0974. The number of hydrogen-bond acceptors (Lipinski definition) is 5. The summed E-state index contributed by atoms with van der Waals surface area (Å²) >= 11 is 0. The van der Waals surface area contributed by atoms with Crippen molar-refractivity contribution >= 4 is 16.1 Å². The molecule has 0 bridgehead atoms. The number of ether oxygens (including phenoxy) is 1. The van der Waals surface area contributed by atoms with Gasteiger partial charge in [-0.2, -0.15) is 4.31 Å². The fourth-order valence-electron chi connectivity index (χ4n) is 4.61. The van der Waals surface area contributed by atoms with Gasteiger partial charge in [-0.05, 0) is 35.4 Å². The first-order chi connectivity index (χ1) is 17.4. The quantitative estimate of drug-likeness (QED) is 0.445. The highest BCUT2D eigenvalue weighted by molar-refractivity contribution is 7.89. The maximum absolute atomic E-state index is 12.8. The summed E-state index contributed by atoms with van der Waals surface area (Å²) < 4.78 is 32.3. The molecule has 1 fully saturated rings. The van der Waals surface area contributed by atoms with Gasteiger partial charge in [0.1, 0.15) is 5.75 Å². The summed E-state index contributed by atoms with van der Waals surface area (Å²) in [7, 11) is -3.55. The molecule has 0 unspecified atom stereocenters. The summed E-state index contributed by atoms with van der Waals surface area (Å²) in [4.78, 5) is 17.1. The van der Waals surface area contributed by atoms with Crippen LogP contribution in [0.4, 0.5) is 4.79 Å². The van der Waals surface area contributed by atoms with E-state index in [0.29, 0.717) is 45.0 Å². The third kappa shape index (κ3) is 5.78. The molecule has 7 nitrogen and oxygen atoms in total. The van der Waals surface area contributed by atoms with Gasteiger partial charge >= 0.3 is 6.09 Å². The van der Waals surface area contributed by atoms with Gasteiger partial charge in [0, 0.05) is 39.3 Å². The molecule has 3 aromatic rings. The van der Waals surface area contributed by atoms with E-state index in [0.717, 1.165) is 0 Å². The topological polar surface area (TPSA) is 70.2 Å². The maximum Gasteiger partial charge on any atom is 0.415 e. The molecule has 36 heavy (non-hydrogen) atoms. The summed E-state index contributed by atoms with van der Waals surface area (Å²) in [5, 5.41) is 0. The smallest absolute Gasteiger partial charge is 0.410 e. The normalized spacial score (nSPS) is 14.8. The highest BCUT2D eigenvalue weighted by Crippen LogP contribution is 2.29. The average Bonchev–Trinajstić information content (AvgIpc) is 2.91. The molecule has 1 aliphatic heterocycles. The molecule has 0 spiro atoms. The zero-order chi connectivity index (χ0) is 25.5. The van der Waals surface area contributed by atoms with E-state index in [1.807, 2.05) is 12.1 Å². The van der Waals surface area contributed by atoms with Crippen molar-refractivity contribution in [1.82, 2.24) is 14.1 Å². The van der Waals surface area contributed by atoms with Crippen LogP contribution in [0.5, 0.6) is 5.75 Å². The first kappa shape index (κ1) is 25.9. The van der Waals surface area contributed by atoms with Crippen molar-refractivity contribution in [3.05, 3.63) is 96.1 Å². The van der Waals surface area contributed by atoms with Crippen LogP contribution in [0.2, 0.25) is 0 Å². The number of carbonyl (C=O) groups is 1. The Morgan fingerprint density at radius 1 is 0.806 bits per heavy atom. The van der Waals surface area contributed by atoms with E-state index in [9.17, 15) is 13.2 Å². The molecular weight excluding hydrogens is 474 g/mol. The van der Waals surface area contributed by atoms with Gasteiger partial charge in [-0.25, -0.2) is 13.2 Å². The zero-order valence-electron chi connectivity index (χ0n) is 20.8. The Balaban J connectivity index is 1.39. The van der Waals surface area contributed by atoms with Crippen LogP contribution in [0.1, 0.15) is 31.0 Å². The predicted molar refractivity (Wildman–Crippen MR) is 140 cm³/mol. The van der Waals surface area contributed by atoms with Gasteiger partial charge in [-0.15, -0.1) is 0 Å². The molecule has 4 rings (SSSR count). The van der Waals surface area contributed by atoms with Crippen LogP contribution in [0.15, 0.2) is 89.8 Å². The number of benzene rings is 3. The number of carbonyl (C=O) groups excluding carboxylic acids is 1. The number of piperazine rings is 1. The highest BCUT2D eigenvalue weighted by atomic mass is 32.2. The number of sulfonamides is 1. The monoisotopic (exact) mass is 507 g/mol. The molecule has 1 aliphatic rings. The lowest BCUT2D eigenvalue weighted by Crippen LogP contribution is -2.50. The standard InChI is InChI=1S/C28H33N3O4S/c1-3-31(4-2)36(33,34)26-17-15-25(16-18-26)35-28(32)30-21-19-29(20-22-30)27(23-11-7-5-8-12-23)24-13-9-6-10-14-24/h5-18,27H,3-4,19-22H2,1-2H3. The molecule has 8 heteroatoms. The second-order valence-corrected chi connectivity index (χ2v) is 10.6. The molecule has 0 aromatic heterocycles. The van der Waals surface area contributed by atoms with E-state index in [4.69, 9.17) is 4.74 Å². The summed E-state index contributed by atoms with van der Waals surface area (Å²) in [6.07, 6.45) is -0.426. The minimum atomic E-state index is -3.55. The molecular formula is C28H33N3O4S. The first-order valence-electron chi connectivity index (χ1n) is 12.3. The van der Waals surface area contributed by atoms with Crippen molar-refractivity contribution in [2.45, 2.75) is 24.8 Å². The molecule has 0 atom stereocenters. The third-order valence-electron chi connectivity index (χ3n) is 6.54. The van der Waals surface area contributed by atoms with E-state index < -0.39 is 16.1 Å². The molecule has 0 radical (unpaired) electrons. The van der Waals surface area contributed by atoms with Gasteiger partial charge in [-0.3, -0.25) is 4.90 Å². The van der Waals surface area contributed by atoms with Crippen molar-refractivity contribution in [1.29, 1.82) is 0 Å². The molecule has 0 N–H and O–H groups in total. The van der Waals surface area contributed by atoms with Gasteiger partial charge < -0.3 is 9.64 Å². The van der Waals surface area contributed by atoms with Crippen LogP contribution in [0.3, 0.4) is 0 Å². The van der Waals surface area contributed by atoms with Crippen molar-refractivity contribution in [3.8, 4) is 5.75 Å². The predicted octanol–water partition coefficient (Wildman–Crippen LogP) is 4.62. The van der Waals surface area contributed by atoms with E-state index in [-0.39, 0.29) is 10.9 Å². The van der Waals surface area contributed by atoms with Crippen molar-refractivity contribution in [2.24, 2.45) is 0 Å². The molecule has 3 aromatic carbocycles. The number of nitrogens with zero attached hydrogens (tertiary/aromatic N) is 3. The number of hydrogen-bond donors (Lipinski definition) is 0. The summed E-state index contributed by atoms with van der Waals surface area (Å²) in [5.41, 5.74) is 2.44. The Bertz CT molecular complexity index is 1180. The molecule has 1 saturated heterocycles. The summed E-state index contributed by atoms with van der Waals surface area (Å²) in [6, 6.07) is 27.0. The Hall–Kier alpha value is -3.20. The van der Waals surface area contributed by atoms with Crippen LogP contribution in [0.25, 0.3) is 0 Å². The van der Waals surface area contributed by atoms with Gasteiger partial charge in [0.15, 0.2) is 0 Å². The molecule has 1 heterocycles. The number of amides is 1. The maximum atomic E-state index is 12.8. The Labute approximate surface area is 214 Å². The first-order valence-corrected chi connectivity index (χ1v) is 13.8. The fourth-order valence-corrected chi connectivity index (χ4v) is 6.06. The largest absolute Gasteiger partial charge is 0.415 e. The number of rotatable bonds is 8. The molecule has 190 valence electrons. The van der Waals surface area contributed by atoms with Crippen LogP contribution in [-0.2, 0) is 10.0 Å². The van der Waals surface area contributed by atoms with E-state index in [1.54, 1.807) is 18.7 Å². The van der Waals surface area contributed by atoms with Gasteiger partial charge in [0.25, 0.3) is 0 Å². The lowest BCUT2D eigenvalue weighted by atomic mass is 9.96. The third-order valence-corrected chi connectivity index (χ3v) is 8.60. The molecule has 1 amide bonds. The SMILES string of the molecule is CCN(CC)S(=O)(=O)c1ccc(OC(=O)N2CCN(C(c3ccccc3)c3ccccc3)CC2)cc1. The zero-order valence-corrected chi connectivity index (χ0v) is 21.6. The minimum absolute atomic E-state index is 0.117. The van der Waals surface area contributed by atoms with Crippen molar-refractivity contribution < 1.29 is 17.9 Å². The van der Waals surface area contributed by atoms with E-state index in [1.165, 1.54) is 39.7 Å². The Morgan fingerprint density at radius 3 is 1.78 bits per heavy atom.